The number of hydrogen-bond donors (Lipinski definition) is 4. The molecule has 4 N–H and O–H groups in total. The molecule has 0 spiro atoms. The Labute approximate surface area is 328 Å². The van der Waals surface area contributed by atoms with E-state index in [4.69, 9.17) is 23.2 Å². The number of nitrogens with one attached hydrogen (secondary N) is 1. The molecule has 2 aliphatic carbocycles. The Morgan fingerprint density at radius 2 is 1.61 bits per heavy atom. The largest absolute Gasteiger partial charge is 0.507 e. The Morgan fingerprint density at radius 3 is 2.25 bits per heavy atom. The summed E-state index contributed by atoms with van der Waals surface area (Å²) in [5.41, 5.74) is -0.475. The number of amides is 4. The van der Waals surface area contributed by atoms with Gasteiger partial charge in [0.1, 0.15) is 11.3 Å². The van der Waals surface area contributed by atoms with E-state index in [0.29, 0.717) is 22.8 Å². The third-order valence-electron chi connectivity index (χ3n) is 11.3. The molecule has 4 aromatic rings. The average molecular weight is 826 g/mol. The lowest BCUT2D eigenvalue weighted by molar-refractivity contribution is -0.139. The van der Waals surface area contributed by atoms with Crippen LogP contribution >= 0.6 is 23.2 Å². The van der Waals surface area contributed by atoms with Crippen LogP contribution in [0.3, 0.4) is 0 Å². The van der Waals surface area contributed by atoms with Gasteiger partial charge in [-0.2, -0.15) is 18.2 Å². The number of benzene rings is 3. The van der Waals surface area contributed by atoms with Gasteiger partial charge in [-0.1, -0.05) is 53.1 Å². The van der Waals surface area contributed by atoms with Gasteiger partial charge >= 0.3 is 12.1 Å². The molecule has 4 amide bonds. The van der Waals surface area contributed by atoms with Crippen LogP contribution < -0.4 is 10.3 Å². The number of phenolic OH excluding ortho intramolecular Hbond substituents is 1. The van der Waals surface area contributed by atoms with Gasteiger partial charge in [-0.3, -0.25) is 24.6 Å². The normalized spacial score (nSPS) is 25.6. The van der Waals surface area contributed by atoms with Gasteiger partial charge < -0.3 is 15.3 Å². The molecule has 6 unspecified atom stereocenters. The van der Waals surface area contributed by atoms with Gasteiger partial charge in [0.2, 0.25) is 11.8 Å². The summed E-state index contributed by atoms with van der Waals surface area (Å²) in [7, 11) is 0. The molecule has 3 aromatic carbocycles. The number of nitrogens with zero attached hydrogens (tertiary/aromatic N) is 3. The highest BCUT2D eigenvalue weighted by Gasteiger charge is 2.70. The maximum Gasteiger partial charge on any atom is 0.417 e. The highest BCUT2D eigenvalue weighted by atomic mass is 35.5. The summed E-state index contributed by atoms with van der Waals surface area (Å²) < 4.78 is 55.7. The number of aromatic carboxylic acids is 1. The Kier molecular flexibility index (Phi) is 8.84. The molecule has 0 bridgehead atoms. The molecule has 3 fully saturated rings. The van der Waals surface area contributed by atoms with Gasteiger partial charge in [0, 0.05) is 23.2 Å². The number of carbonyl (C=O) groups excluding carboxylic acids is 4. The molecule has 3 heterocycles. The number of carboxylic acid groups (broad SMARTS) is 1. The third kappa shape index (κ3) is 5.71. The second kappa shape index (κ2) is 13.3. The van der Waals surface area contributed by atoms with Crippen molar-refractivity contribution in [2.75, 3.05) is 10.3 Å². The number of carboxylic acids is 1. The van der Waals surface area contributed by atoms with E-state index in [1.807, 2.05) is 0 Å². The monoisotopic (exact) mass is 824 g/mol. The molecule has 18 heteroatoms. The number of alkyl halides is 3. The number of halogens is 6. The third-order valence-corrected chi connectivity index (χ3v) is 11.9. The van der Waals surface area contributed by atoms with Crippen LogP contribution in [0.15, 0.2) is 84.6 Å². The number of aromatic hydroxyl groups is 2. The highest BCUT2D eigenvalue weighted by molar-refractivity contribution is 6.33. The standard InChI is InChI=1S/C39H26Cl2F4N4O8/c40-19-4-2-17(3-5-19)38-25(34(53)49(37(38)57)47-32-26(41)12-18(15-46-32)39(43,44)45)14-24-21(31(38)16-1-10-28(50)27(42)11-16)8-9-23-30(24)35(54)48(33(23)52)20-6-7-22(36(55)56)29(51)13-20/h1-8,10-13,15,23-25,30-31,50-51H,9,14H2,(H,46,47)(H,55,56). The van der Waals surface area contributed by atoms with Crippen molar-refractivity contribution < 1.29 is 56.9 Å². The quantitative estimate of drug-likeness (QED) is 0.0914. The smallest absolute Gasteiger partial charge is 0.417 e. The number of aromatic nitrogens is 1. The van der Waals surface area contributed by atoms with Gasteiger partial charge in [-0.15, -0.1) is 0 Å². The first kappa shape index (κ1) is 37.9. The van der Waals surface area contributed by atoms with Crippen LogP contribution in [0.5, 0.6) is 11.5 Å². The number of rotatable bonds is 6. The molecule has 8 rings (SSSR count). The Bertz CT molecular complexity index is 2480. The van der Waals surface area contributed by atoms with Crippen LogP contribution in [0.2, 0.25) is 10.0 Å². The number of hydrazine groups is 1. The molecule has 6 atom stereocenters. The maximum atomic E-state index is 15.3. The number of anilines is 2. The van der Waals surface area contributed by atoms with E-state index in [2.05, 4.69) is 10.4 Å². The molecule has 12 nitrogen and oxygen atoms in total. The molecule has 1 aromatic heterocycles. The summed E-state index contributed by atoms with van der Waals surface area (Å²) in [6.45, 7) is 0. The van der Waals surface area contributed by atoms with Crippen LogP contribution in [-0.2, 0) is 30.8 Å². The van der Waals surface area contributed by atoms with Crippen molar-refractivity contribution in [2.45, 2.75) is 30.4 Å². The predicted molar refractivity (Wildman–Crippen MR) is 192 cm³/mol. The fourth-order valence-corrected chi connectivity index (χ4v) is 9.29. The summed E-state index contributed by atoms with van der Waals surface area (Å²) in [5.74, 6) is -13.4. The first-order chi connectivity index (χ1) is 26.9. The molecule has 2 aliphatic heterocycles. The van der Waals surface area contributed by atoms with Crippen molar-refractivity contribution in [3.8, 4) is 11.5 Å². The maximum absolute atomic E-state index is 15.3. The van der Waals surface area contributed by atoms with E-state index in [1.54, 1.807) is 6.08 Å². The molecule has 1 saturated carbocycles. The van der Waals surface area contributed by atoms with E-state index in [1.165, 1.54) is 36.4 Å². The summed E-state index contributed by atoms with van der Waals surface area (Å²) in [6, 6.07) is 13.1. The fraction of sp³-hybridized carbons (Fsp3) is 0.231. The minimum Gasteiger partial charge on any atom is -0.507 e. The Hall–Kier alpha value is -6.00. The summed E-state index contributed by atoms with van der Waals surface area (Å²) >= 11 is 12.5. The second-order valence-corrected chi connectivity index (χ2v) is 15.0. The van der Waals surface area contributed by atoms with Gasteiger partial charge in [-0.05, 0) is 72.4 Å². The molecule has 2 saturated heterocycles. The molecule has 4 aliphatic rings. The lowest BCUT2D eigenvalue weighted by Crippen LogP contribution is -2.53. The number of carbonyl (C=O) groups is 5. The fourth-order valence-electron chi connectivity index (χ4n) is 8.95. The average Bonchev–Trinajstić information content (AvgIpc) is 3.53. The van der Waals surface area contributed by atoms with E-state index >= 15 is 9.18 Å². The molecule has 57 heavy (non-hydrogen) atoms. The van der Waals surface area contributed by atoms with Crippen LogP contribution in [0.25, 0.3) is 0 Å². The molecule has 292 valence electrons. The predicted octanol–water partition coefficient (Wildman–Crippen LogP) is 6.85. The van der Waals surface area contributed by atoms with E-state index in [-0.39, 0.29) is 34.7 Å². The van der Waals surface area contributed by atoms with Gasteiger partial charge in [0.15, 0.2) is 17.4 Å². The number of pyridine rings is 1. The van der Waals surface area contributed by atoms with Crippen molar-refractivity contribution in [2.24, 2.45) is 23.7 Å². The van der Waals surface area contributed by atoms with Gasteiger partial charge in [-0.25, -0.2) is 19.1 Å². The van der Waals surface area contributed by atoms with Crippen molar-refractivity contribution in [3.05, 3.63) is 123 Å². The summed E-state index contributed by atoms with van der Waals surface area (Å²) in [4.78, 5) is 74.5. The minimum absolute atomic E-state index is 0.0512. The van der Waals surface area contributed by atoms with Crippen molar-refractivity contribution in [1.29, 1.82) is 0 Å². The molecular formula is C39H26Cl2F4N4O8. The van der Waals surface area contributed by atoms with E-state index < -0.39 is 110 Å². The second-order valence-electron chi connectivity index (χ2n) is 14.1. The zero-order valence-electron chi connectivity index (χ0n) is 28.8. The zero-order valence-corrected chi connectivity index (χ0v) is 30.3. The molecule has 0 radical (unpaired) electrons. The summed E-state index contributed by atoms with van der Waals surface area (Å²) in [6.07, 6.45) is -2.97. The van der Waals surface area contributed by atoms with Gasteiger partial charge in [0.25, 0.3) is 11.8 Å². The number of allylic oxidation sites excluding steroid dienone is 2. The first-order valence-corrected chi connectivity index (χ1v) is 18.0. The van der Waals surface area contributed by atoms with E-state index in [9.17, 15) is 47.7 Å². The number of imide groups is 2. The lowest BCUT2D eigenvalue weighted by atomic mass is 9.49. The number of fused-ring (bicyclic) bond motifs is 4. The SMILES string of the molecule is O=C(O)c1ccc(N2C(=O)C3CC=C4C(CC5C(=O)N(Nc6ncc(C(F)(F)F)cc6Cl)C(=O)C5(c5ccc(Cl)cc5)C4c4ccc(O)c(F)c4)C3C2=O)cc1O. The Balaban J connectivity index is 1.29. The lowest BCUT2D eigenvalue weighted by Gasteiger charge is -2.50. The Morgan fingerprint density at radius 1 is 0.895 bits per heavy atom. The molecular weight excluding hydrogens is 799 g/mol. The topological polar surface area (TPSA) is 177 Å². The van der Waals surface area contributed by atoms with Gasteiger partial charge in [0.05, 0.1) is 39.4 Å². The van der Waals surface area contributed by atoms with Crippen molar-refractivity contribution in [1.82, 2.24) is 9.99 Å². The zero-order chi connectivity index (χ0) is 40.9. The minimum atomic E-state index is -4.81. The van der Waals surface area contributed by atoms with Crippen LogP contribution in [0.4, 0.5) is 29.1 Å². The van der Waals surface area contributed by atoms with Crippen molar-refractivity contribution >= 4 is 64.3 Å². The summed E-state index contributed by atoms with van der Waals surface area (Å²) in [5, 5.41) is 30.3. The van der Waals surface area contributed by atoms with E-state index in [0.717, 1.165) is 29.2 Å². The van der Waals surface area contributed by atoms with Crippen LogP contribution in [-0.4, -0.2) is 54.9 Å². The number of hydrogen-bond acceptors (Lipinski definition) is 9. The van der Waals surface area contributed by atoms with Crippen LogP contribution in [0, 0.1) is 29.5 Å². The first-order valence-electron chi connectivity index (χ1n) is 17.2. The number of phenols is 2. The van der Waals surface area contributed by atoms with Crippen LogP contribution in [0.1, 0.15) is 45.8 Å². The van der Waals surface area contributed by atoms with Crippen molar-refractivity contribution in [3.63, 3.8) is 0 Å². The highest BCUT2D eigenvalue weighted by Crippen LogP contribution is 2.64.